The van der Waals surface area contributed by atoms with E-state index >= 15 is 0 Å². The molecule has 0 heterocycles. The van der Waals surface area contributed by atoms with E-state index in [1.807, 2.05) is 6.08 Å². The summed E-state index contributed by atoms with van der Waals surface area (Å²) in [5.74, 6) is 3.41. The summed E-state index contributed by atoms with van der Waals surface area (Å²) in [6.07, 6.45) is 13.3. The molecule has 0 radical (unpaired) electrons. The number of fused-ring (bicyclic) bond motifs is 5. The quantitative estimate of drug-likeness (QED) is 0.749. The molecule has 7 atom stereocenters. The van der Waals surface area contributed by atoms with Crippen LogP contribution >= 0.6 is 0 Å². The van der Waals surface area contributed by atoms with Gasteiger partial charge in [-0.15, -0.1) is 6.42 Å². The summed E-state index contributed by atoms with van der Waals surface area (Å²) in [4.78, 5) is 24.4. The maximum absolute atomic E-state index is 12.5. The molecular formula is C23H30O4. The predicted octanol–water partition coefficient (Wildman–Crippen LogP) is 2.67. The van der Waals surface area contributed by atoms with Gasteiger partial charge in [0, 0.05) is 17.8 Å². The van der Waals surface area contributed by atoms with Gasteiger partial charge in [-0.1, -0.05) is 18.4 Å². The maximum Gasteiger partial charge on any atom is 0.161 e. The normalized spacial score (nSPS) is 44.4. The van der Waals surface area contributed by atoms with Crippen LogP contribution in [0.3, 0.4) is 0 Å². The maximum atomic E-state index is 12.5. The molecular weight excluding hydrogens is 340 g/mol. The van der Waals surface area contributed by atoms with Gasteiger partial charge in [0.25, 0.3) is 0 Å². The van der Waals surface area contributed by atoms with Crippen LogP contribution in [-0.2, 0) is 9.59 Å². The largest absolute Gasteiger partial charge is 0.389 e. The topological polar surface area (TPSA) is 74.6 Å². The molecule has 0 bridgehead atoms. The third-order valence-corrected chi connectivity index (χ3v) is 8.76. The zero-order chi connectivity index (χ0) is 19.4. The molecule has 4 aliphatic carbocycles. The Morgan fingerprint density at radius 2 is 2.04 bits per heavy atom. The van der Waals surface area contributed by atoms with Crippen LogP contribution in [0, 0.1) is 46.8 Å². The van der Waals surface area contributed by atoms with E-state index in [1.54, 1.807) is 0 Å². The smallest absolute Gasteiger partial charge is 0.161 e. The first-order valence-electron chi connectivity index (χ1n) is 10.4. The Hall–Kier alpha value is -1.44. The van der Waals surface area contributed by atoms with Crippen molar-refractivity contribution in [1.82, 2.24) is 0 Å². The van der Waals surface area contributed by atoms with Gasteiger partial charge < -0.3 is 10.2 Å². The lowest BCUT2D eigenvalue weighted by Crippen LogP contribution is -2.56. The van der Waals surface area contributed by atoms with E-state index in [0.29, 0.717) is 24.7 Å². The average molecular weight is 370 g/mol. The number of aliphatic hydroxyl groups excluding tert-OH is 2. The summed E-state index contributed by atoms with van der Waals surface area (Å²) in [6.45, 7) is 1.84. The van der Waals surface area contributed by atoms with E-state index in [0.717, 1.165) is 38.5 Å². The summed E-state index contributed by atoms with van der Waals surface area (Å²) in [6, 6.07) is 0. The van der Waals surface area contributed by atoms with E-state index in [-0.39, 0.29) is 28.8 Å². The molecule has 0 amide bonds. The number of carbonyl (C=O) groups is 2. The number of carbonyl (C=O) groups excluding carboxylic acids is 2. The molecule has 4 nitrogen and oxygen atoms in total. The first-order valence-corrected chi connectivity index (χ1v) is 10.4. The first kappa shape index (κ1) is 18.9. The molecule has 0 aromatic rings. The van der Waals surface area contributed by atoms with Crippen molar-refractivity contribution >= 4 is 11.6 Å². The molecule has 0 saturated heterocycles. The Morgan fingerprint density at radius 3 is 2.74 bits per heavy atom. The number of terminal acetylenes is 1. The second-order valence-corrected chi connectivity index (χ2v) is 9.44. The van der Waals surface area contributed by atoms with Crippen LogP contribution in [-0.4, -0.2) is 34.5 Å². The highest BCUT2D eigenvalue weighted by molar-refractivity contribution is 5.91. The Bertz CT molecular complexity index is 731. The SMILES string of the molecule is C#CC(O)[C@]12CC[C@H]3[C@@H](CCC4=CC(=O)CC[C@@]43C)[C@@H]1CC[C@@H]2C(=O)CO. The van der Waals surface area contributed by atoms with Crippen LogP contribution in [0.2, 0.25) is 0 Å². The fraction of sp³-hybridized carbons (Fsp3) is 0.739. The highest BCUT2D eigenvalue weighted by Gasteiger charge is 2.64. The zero-order valence-corrected chi connectivity index (χ0v) is 16.1. The third kappa shape index (κ3) is 2.51. The highest BCUT2D eigenvalue weighted by atomic mass is 16.3. The van der Waals surface area contributed by atoms with Gasteiger partial charge in [0.05, 0.1) is 0 Å². The van der Waals surface area contributed by atoms with Crippen LogP contribution in [0.1, 0.15) is 58.3 Å². The van der Waals surface area contributed by atoms with Gasteiger partial charge in [0.1, 0.15) is 12.7 Å². The standard InChI is InChI=1S/C23H30O4/c1-3-21(27)23-11-9-17-16(18(23)6-7-19(23)20(26)13-24)5-4-14-12-15(25)8-10-22(14,17)2/h1,12,16-19,21,24,27H,4-11,13H2,2H3/t16-,17+,18+,19-,21?,22+,23-/m1/s1. The van der Waals surface area contributed by atoms with Gasteiger partial charge >= 0.3 is 0 Å². The number of aliphatic hydroxyl groups is 2. The number of hydrogen-bond acceptors (Lipinski definition) is 4. The molecule has 3 fully saturated rings. The fourth-order valence-electron chi connectivity index (χ4n) is 7.54. The molecule has 0 aliphatic heterocycles. The first-order chi connectivity index (χ1) is 12.9. The summed E-state index contributed by atoms with van der Waals surface area (Å²) in [7, 11) is 0. The Labute approximate surface area is 161 Å². The lowest BCUT2D eigenvalue weighted by atomic mass is 9.45. The van der Waals surface area contributed by atoms with E-state index in [1.165, 1.54) is 5.57 Å². The molecule has 0 aromatic heterocycles. The van der Waals surface area contributed by atoms with Crippen LogP contribution in [0.5, 0.6) is 0 Å². The summed E-state index contributed by atoms with van der Waals surface area (Å²) in [5, 5.41) is 20.3. The van der Waals surface area contributed by atoms with Crippen LogP contribution in [0.15, 0.2) is 11.6 Å². The monoisotopic (exact) mass is 370 g/mol. The Morgan fingerprint density at radius 1 is 1.26 bits per heavy atom. The molecule has 4 heteroatoms. The lowest BCUT2D eigenvalue weighted by molar-refractivity contribution is -0.143. The minimum Gasteiger partial charge on any atom is -0.389 e. The zero-order valence-electron chi connectivity index (χ0n) is 16.1. The van der Waals surface area contributed by atoms with Gasteiger partial charge in [0.15, 0.2) is 11.6 Å². The Balaban J connectivity index is 1.72. The number of hydrogen-bond donors (Lipinski definition) is 2. The summed E-state index contributed by atoms with van der Waals surface area (Å²) in [5.41, 5.74) is 0.784. The molecule has 3 saturated carbocycles. The second-order valence-electron chi connectivity index (χ2n) is 9.44. The minimum absolute atomic E-state index is 0.0587. The van der Waals surface area contributed by atoms with Crippen LogP contribution in [0.25, 0.3) is 0 Å². The molecule has 1 unspecified atom stereocenters. The summed E-state index contributed by atoms with van der Waals surface area (Å²) >= 11 is 0. The van der Waals surface area contributed by atoms with Gasteiger partial charge in [-0.2, -0.15) is 0 Å². The molecule has 4 rings (SSSR count). The number of ketones is 2. The van der Waals surface area contributed by atoms with E-state index in [2.05, 4.69) is 12.8 Å². The number of allylic oxidation sites excluding steroid dienone is 1. The van der Waals surface area contributed by atoms with Crippen molar-refractivity contribution in [2.45, 2.75) is 64.4 Å². The molecule has 27 heavy (non-hydrogen) atoms. The highest BCUT2D eigenvalue weighted by Crippen LogP contribution is 2.67. The van der Waals surface area contributed by atoms with Crippen LogP contribution < -0.4 is 0 Å². The van der Waals surface area contributed by atoms with Crippen molar-refractivity contribution < 1.29 is 19.8 Å². The van der Waals surface area contributed by atoms with Crippen molar-refractivity contribution in [3.63, 3.8) is 0 Å². The van der Waals surface area contributed by atoms with Crippen molar-refractivity contribution in [2.75, 3.05) is 6.61 Å². The molecule has 0 spiro atoms. The molecule has 4 aliphatic rings. The predicted molar refractivity (Wildman–Crippen MR) is 101 cm³/mol. The Kier molecular flexibility index (Phi) is 4.60. The molecule has 2 N–H and O–H groups in total. The van der Waals surface area contributed by atoms with E-state index in [4.69, 9.17) is 6.42 Å². The second kappa shape index (κ2) is 6.57. The number of rotatable bonds is 3. The third-order valence-electron chi connectivity index (χ3n) is 8.76. The van der Waals surface area contributed by atoms with E-state index in [9.17, 15) is 19.8 Å². The van der Waals surface area contributed by atoms with E-state index < -0.39 is 18.1 Å². The van der Waals surface area contributed by atoms with Crippen LogP contribution in [0.4, 0.5) is 0 Å². The van der Waals surface area contributed by atoms with Crippen molar-refractivity contribution in [3.8, 4) is 12.3 Å². The minimum atomic E-state index is -0.941. The van der Waals surface area contributed by atoms with Crippen molar-refractivity contribution in [2.24, 2.45) is 34.5 Å². The summed E-state index contributed by atoms with van der Waals surface area (Å²) < 4.78 is 0. The number of Topliss-reactive ketones (excluding diaryl/α,β-unsaturated/α-hetero) is 1. The van der Waals surface area contributed by atoms with Gasteiger partial charge in [-0.05, 0) is 74.2 Å². The lowest BCUT2D eigenvalue weighted by Gasteiger charge is -2.59. The van der Waals surface area contributed by atoms with Gasteiger partial charge in [0.2, 0.25) is 0 Å². The van der Waals surface area contributed by atoms with Crippen molar-refractivity contribution in [3.05, 3.63) is 11.6 Å². The fourth-order valence-corrected chi connectivity index (χ4v) is 7.54. The van der Waals surface area contributed by atoms with Gasteiger partial charge in [-0.3, -0.25) is 9.59 Å². The van der Waals surface area contributed by atoms with Gasteiger partial charge in [-0.25, -0.2) is 0 Å². The average Bonchev–Trinajstić information content (AvgIpc) is 3.08. The van der Waals surface area contributed by atoms with Crippen molar-refractivity contribution in [1.29, 1.82) is 0 Å². The molecule has 146 valence electrons. The molecule has 0 aromatic carbocycles.